The fourth-order valence-electron chi connectivity index (χ4n) is 1.57. The van der Waals surface area contributed by atoms with Gasteiger partial charge < -0.3 is 10.4 Å². The van der Waals surface area contributed by atoms with Crippen LogP contribution in [0.15, 0.2) is 60.7 Å². The topological polar surface area (TPSA) is 49.3 Å². The van der Waals surface area contributed by atoms with Gasteiger partial charge in [0.25, 0.3) is 0 Å². The molecule has 0 atom stereocenters. The van der Waals surface area contributed by atoms with Gasteiger partial charge >= 0.3 is 5.97 Å². The molecule has 3 nitrogen and oxygen atoms in total. The van der Waals surface area contributed by atoms with Gasteiger partial charge in [0.1, 0.15) is 0 Å². The minimum absolute atomic E-state index is 0.112. The zero-order valence-electron chi connectivity index (χ0n) is 11.0. The van der Waals surface area contributed by atoms with Gasteiger partial charge in [0.05, 0.1) is 6.42 Å². The molecule has 0 aliphatic carbocycles. The number of aliphatic carboxylic acids is 1. The lowest BCUT2D eigenvalue weighted by atomic mass is 10.2. The Morgan fingerprint density at radius 3 is 1.84 bits per heavy atom. The molecule has 0 saturated carbocycles. The molecule has 2 aromatic carbocycles. The van der Waals surface area contributed by atoms with Crippen molar-refractivity contribution in [3.05, 3.63) is 71.8 Å². The van der Waals surface area contributed by atoms with Crippen LogP contribution in [-0.4, -0.2) is 18.1 Å². The van der Waals surface area contributed by atoms with Crippen LogP contribution in [-0.2, 0) is 17.8 Å². The third-order valence-corrected chi connectivity index (χ3v) is 2.42. The van der Waals surface area contributed by atoms with Crippen molar-refractivity contribution in [2.45, 2.75) is 13.0 Å². The third-order valence-electron chi connectivity index (χ3n) is 2.42. The molecule has 0 fully saturated rings. The van der Waals surface area contributed by atoms with E-state index >= 15 is 0 Å². The summed E-state index contributed by atoms with van der Waals surface area (Å²) in [6, 6.07) is 19.5. The van der Waals surface area contributed by atoms with Gasteiger partial charge in [0, 0.05) is 6.54 Å². The van der Waals surface area contributed by atoms with Crippen LogP contribution in [0.1, 0.15) is 11.1 Å². The van der Waals surface area contributed by atoms with Crippen LogP contribution in [0.25, 0.3) is 0 Å². The van der Waals surface area contributed by atoms with Gasteiger partial charge in [-0.05, 0) is 18.2 Å². The highest BCUT2D eigenvalue weighted by atomic mass is 16.4. The number of hydrogen-bond acceptors (Lipinski definition) is 2. The molecule has 0 spiro atoms. The molecule has 0 amide bonds. The average molecular weight is 257 g/mol. The van der Waals surface area contributed by atoms with Crippen molar-refractivity contribution in [3.63, 3.8) is 0 Å². The van der Waals surface area contributed by atoms with Crippen LogP contribution >= 0.6 is 0 Å². The number of rotatable bonds is 4. The van der Waals surface area contributed by atoms with Gasteiger partial charge in [0.15, 0.2) is 0 Å². The molecule has 0 aromatic heterocycles. The van der Waals surface area contributed by atoms with E-state index in [1.165, 1.54) is 5.56 Å². The zero-order valence-corrected chi connectivity index (χ0v) is 11.0. The Morgan fingerprint density at radius 1 is 0.947 bits per heavy atom. The second-order valence-electron chi connectivity index (χ2n) is 4.07. The molecule has 3 heteroatoms. The predicted molar refractivity (Wildman–Crippen MR) is 77.0 cm³/mol. The quantitative estimate of drug-likeness (QED) is 0.885. The lowest BCUT2D eigenvalue weighted by Crippen LogP contribution is -2.04. The summed E-state index contributed by atoms with van der Waals surface area (Å²) in [6.45, 7) is 0.959. The van der Waals surface area contributed by atoms with Crippen LogP contribution in [0.4, 0.5) is 0 Å². The molecular formula is C16H19NO2. The SMILES string of the molecule is CNCc1ccccc1.O=C(O)Cc1ccccc1. The van der Waals surface area contributed by atoms with Crippen LogP contribution in [0, 0.1) is 0 Å². The van der Waals surface area contributed by atoms with Gasteiger partial charge in [-0.2, -0.15) is 0 Å². The Hall–Kier alpha value is -2.13. The average Bonchev–Trinajstić information content (AvgIpc) is 2.41. The highest BCUT2D eigenvalue weighted by Crippen LogP contribution is 1.98. The van der Waals surface area contributed by atoms with Crippen molar-refractivity contribution in [1.29, 1.82) is 0 Å². The first kappa shape index (κ1) is 14.9. The largest absolute Gasteiger partial charge is 0.481 e. The van der Waals surface area contributed by atoms with E-state index in [1.54, 1.807) is 12.1 Å². The van der Waals surface area contributed by atoms with E-state index in [2.05, 4.69) is 17.4 Å². The van der Waals surface area contributed by atoms with Crippen molar-refractivity contribution >= 4 is 5.97 Å². The molecule has 0 heterocycles. The molecule has 2 N–H and O–H groups in total. The van der Waals surface area contributed by atoms with Gasteiger partial charge in [-0.25, -0.2) is 0 Å². The summed E-state index contributed by atoms with van der Waals surface area (Å²) in [6.07, 6.45) is 0.112. The molecule has 19 heavy (non-hydrogen) atoms. The molecule has 0 saturated heterocycles. The summed E-state index contributed by atoms with van der Waals surface area (Å²) in [4.78, 5) is 10.2. The summed E-state index contributed by atoms with van der Waals surface area (Å²) < 4.78 is 0. The highest BCUT2D eigenvalue weighted by molar-refractivity contribution is 5.70. The lowest BCUT2D eigenvalue weighted by Gasteiger charge is -1.95. The lowest BCUT2D eigenvalue weighted by molar-refractivity contribution is -0.136. The van der Waals surface area contributed by atoms with Gasteiger partial charge in [-0.3, -0.25) is 4.79 Å². The Bertz CT molecular complexity index is 469. The first-order chi connectivity index (χ1) is 9.22. The van der Waals surface area contributed by atoms with Crippen molar-refractivity contribution in [1.82, 2.24) is 5.32 Å². The van der Waals surface area contributed by atoms with Crippen molar-refractivity contribution in [2.24, 2.45) is 0 Å². The molecular weight excluding hydrogens is 238 g/mol. The standard InChI is InChI=1S/C8H11N.C8H8O2/c1-9-7-8-5-3-2-4-6-8;9-8(10)6-7-4-2-1-3-5-7/h2-6,9H,7H2,1H3;1-5H,6H2,(H,9,10). The smallest absolute Gasteiger partial charge is 0.307 e. The minimum Gasteiger partial charge on any atom is -0.481 e. The van der Waals surface area contributed by atoms with Crippen LogP contribution in [0.3, 0.4) is 0 Å². The summed E-state index contributed by atoms with van der Waals surface area (Å²) in [5, 5.41) is 11.5. The second-order valence-corrected chi connectivity index (χ2v) is 4.07. The maximum Gasteiger partial charge on any atom is 0.307 e. The van der Waals surface area contributed by atoms with Crippen LogP contribution < -0.4 is 5.32 Å². The normalized spacial score (nSPS) is 9.32. The molecule has 0 radical (unpaired) electrons. The molecule has 2 aromatic rings. The number of carboxylic acids is 1. The number of benzene rings is 2. The minimum atomic E-state index is -0.786. The maximum absolute atomic E-state index is 10.2. The summed E-state index contributed by atoms with van der Waals surface area (Å²) in [5.41, 5.74) is 2.18. The van der Waals surface area contributed by atoms with Crippen molar-refractivity contribution < 1.29 is 9.90 Å². The first-order valence-corrected chi connectivity index (χ1v) is 6.16. The molecule has 0 unspecified atom stereocenters. The first-order valence-electron chi connectivity index (χ1n) is 6.16. The summed E-state index contributed by atoms with van der Waals surface area (Å²) >= 11 is 0. The fourth-order valence-corrected chi connectivity index (χ4v) is 1.57. The van der Waals surface area contributed by atoms with E-state index < -0.39 is 5.97 Å². The Labute approximate surface area is 113 Å². The number of hydrogen-bond donors (Lipinski definition) is 2. The molecule has 0 aliphatic rings. The Balaban J connectivity index is 0.000000191. The van der Waals surface area contributed by atoms with E-state index in [1.807, 2.05) is 43.4 Å². The van der Waals surface area contributed by atoms with E-state index in [-0.39, 0.29) is 6.42 Å². The Morgan fingerprint density at radius 2 is 1.42 bits per heavy atom. The van der Waals surface area contributed by atoms with Crippen LogP contribution in [0.2, 0.25) is 0 Å². The predicted octanol–water partition coefficient (Wildman–Crippen LogP) is 2.72. The molecule has 100 valence electrons. The monoisotopic (exact) mass is 257 g/mol. The number of nitrogens with one attached hydrogen (secondary N) is 1. The van der Waals surface area contributed by atoms with Crippen molar-refractivity contribution in [3.8, 4) is 0 Å². The van der Waals surface area contributed by atoms with E-state index in [9.17, 15) is 4.79 Å². The van der Waals surface area contributed by atoms with E-state index in [0.29, 0.717) is 0 Å². The van der Waals surface area contributed by atoms with Gasteiger partial charge in [0.2, 0.25) is 0 Å². The summed E-state index contributed by atoms with van der Waals surface area (Å²) in [7, 11) is 1.95. The number of carbonyl (C=O) groups is 1. The van der Waals surface area contributed by atoms with Gasteiger partial charge in [-0.1, -0.05) is 60.7 Å². The molecule has 0 bridgehead atoms. The van der Waals surface area contributed by atoms with E-state index in [4.69, 9.17) is 5.11 Å². The maximum atomic E-state index is 10.2. The highest BCUT2D eigenvalue weighted by Gasteiger charge is 1.96. The van der Waals surface area contributed by atoms with Gasteiger partial charge in [-0.15, -0.1) is 0 Å². The fraction of sp³-hybridized carbons (Fsp3) is 0.188. The van der Waals surface area contributed by atoms with Crippen molar-refractivity contribution in [2.75, 3.05) is 7.05 Å². The molecule has 0 aliphatic heterocycles. The second kappa shape index (κ2) is 8.89. The summed E-state index contributed by atoms with van der Waals surface area (Å²) in [5.74, 6) is -0.786. The molecule has 2 rings (SSSR count). The number of carboxylic acid groups (broad SMARTS) is 1. The zero-order chi connectivity index (χ0) is 13.9. The van der Waals surface area contributed by atoms with E-state index in [0.717, 1.165) is 12.1 Å². The van der Waals surface area contributed by atoms with Crippen LogP contribution in [0.5, 0.6) is 0 Å². The Kier molecular flexibility index (Phi) is 6.98. The third kappa shape index (κ3) is 7.01.